The summed E-state index contributed by atoms with van der Waals surface area (Å²) in [4.78, 5) is 0.0991. The van der Waals surface area contributed by atoms with Crippen LogP contribution in [0.3, 0.4) is 0 Å². The van der Waals surface area contributed by atoms with Crippen molar-refractivity contribution in [1.82, 2.24) is 10.6 Å². The van der Waals surface area contributed by atoms with E-state index in [1.54, 1.807) is 12.1 Å². The third-order valence-electron chi connectivity index (χ3n) is 3.60. The Morgan fingerprint density at radius 1 is 1.12 bits per heavy atom. The molecule has 0 fully saturated rings. The summed E-state index contributed by atoms with van der Waals surface area (Å²) in [7, 11) is -3.67. The van der Waals surface area contributed by atoms with Gasteiger partial charge in [-0.3, -0.25) is 0 Å². The van der Waals surface area contributed by atoms with Crippen LogP contribution in [0.2, 0.25) is 0 Å². The van der Waals surface area contributed by atoms with Crippen molar-refractivity contribution in [2.45, 2.75) is 24.3 Å². The molecule has 4 N–H and O–H groups in total. The molecule has 0 aliphatic carbocycles. The molecule has 0 aliphatic rings. The van der Waals surface area contributed by atoms with E-state index in [0.29, 0.717) is 5.11 Å². The molecule has 2 aromatic carbocycles. The molecule has 2 rings (SSSR count). The number of rotatable bonds is 6. The average molecular weight is 364 g/mol. The van der Waals surface area contributed by atoms with E-state index < -0.39 is 10.0 Å². The van der Waals surface area contributed by atoms with Crippen molar-refractivity contribution >= 4 is 27.4 Å². The number of hydrogen-bond acceptors (Lipinski definition) is 3. The van der Waals surface area contributed by atoms with Gasteiger partial charge in [-0.2, -0.15) is 0 Å². The molecule has 0 aliphatic heterocycles. The Kier molecular flexibility index (Phi) is 6.30. The van der Waals surface area contributed by atoms with E-state index in [2.05, 4.69) is 22.8 Å². The van der Waals surface area contributed by atoms with Crippen molar-refractivity contribution in [2.75, 3.05) is 6.54 Å². The standard InChI is InChI=1S/C17H21N3O2S2/c1-13(15-7-9-16(10-8-15)24(18,21)22)20-17(23)19-12-11-14-5-3-2-4-6-14/h2-10,13H,11-12H2,1H3,(H2,18,21,22)(H2,19,20,23)/t13-/m1/s1. The Bertz CT molecular complexity index is 775. The second kappa shape index (κ2) is 8.23. The maximum atomic E-state index is 11.3. The van der Waals surface area contributed by atoms with Crippen LogP contribution in [-0.2, 0) is 16.4 Å². The maximum absolute atomic E-state index is 11.3. The number of sulfonamides is 1. The molecule has 7 heteroatoms. The summed E-state index contributed by atoms with van der Waals surface area (Å²) in [6, 6.07) is 16.6. The molecule has 1 atom stereocenters. The van der Waals surface area contributed by atoms with Crippen LogP contribution in [0, 0.1) is 0 Å². The first kappa shape index (κ1) is 18.4. The van der Waals surface area contributed by atoms with Crippen LogP contribution in [-0.4, -0.2) is 20.1 Å². The second-order valence-corrected chi connectivity index (χ2v) is 7.44. The average Bonchev–Trinajstić information content (AvgIpc) is 2.55. The summed E-state index contributed by atoms with van der Waals surface area (Å²) < 4.78 is 22.5. The summed E-state index contributed by atoms with van der Waals surface area (Å²) in [5, 5.41) is 12.0. The lowest BCUT2D eigenvalue weighted by molar-refractivity contribution is 0.597. The normalized spacial score (nSPS) is 12.4. The lowest BCUT2D eigenvalue weighted by atomic mass is 10.1. The maximum Gasteiger partial charge on any atom is 0.238 e. The third-order valence-corrected chi connectivity index (χ3v) is 4.79. The van der Waals surface area contributed by atoms with Gasteiger partial charge in [0.05, 0.1) is 10.9 Å². The van der Waals surface area contributed by atoms with Gasteiger partial charge in [0.15, 0.2) is 5.11 Å². The van der Waals surface area contributed by atoms with Crippen LogP contribution >= 0.6 is 12.2 Å². The van der Waals surface area contributed by atoms with Crippen molar-refractivity contribution in [3.05, 3.63) is 65.7 Å². The van der Waals surface area contributed by atoms with Gasteiger partial charge >= 0.3 is 0 Å². The highest BCUT2D eigenvalue weighted by atomic mass is 32.2. The topological polar surface area (TPSA) is 84.2 Å². The van der Waals surface area contributed by atoms with E-state index >= 15 is 0 Å². The van der Waals surface area contributed by atoms with E-state index in [1.807, 2.05) is 25.1 Å². The molecule has 0 saturated carbocycles. The van der Waals surface area contributed by atoms with Crippen molar-refractivity contribution in [1.29, 1.82) is 0 Å². The smallest absolute Gasteiger partial charge is 0.238 e. The number of nitrogens with one attached hydrogen (secondary N) is 2. The predicted molar refractivity (Wildman–Crippen MR) is 100 cm³/mol. The summed E-state index contributed by atoms with van der Waals surface area (Å²) in [6.45, 7) is 2.70. The van der Waals surface area contributed by atoms with Gasteiger partial charge in [0, 0.05) is 6.54 Å². The minimum absolute atomic E-state index is 0.0451. The van der Waals surface area contributed by atoms with Crippen LogP contribution in [0.5, 0.6) is 0 Å². The van der Waals surface area contributed by atoms with Crippen LogP contribution in [0.25, 0.3) is 0 Å². The molecular weight excluding hydrogens is 342 g/mol. The Labute approximate surface area is 148 Å². The zero-order valence-corrected chi connectivity index (χ0v) is 15.0. The molecule has 0 radical (unpaired) electrons. The van der Waals surface area contributed by atoms with Gasteiger partial charge in [-0.25, -0.2) is 13.6 Å². The minimum atomic E-state index is -3.67. The van der Waals surface area contributed by atoms with Crippen molar-refractivity contribution in [3.8, 4) is 0 Å². The molecule has 5 nitrogen and oxygen atoms in total. The van der Waals surface area contributed by atoms with E-state index in [4.69, 9.17) is 17.4 Å². The van der Waals surface area contributed by atoms with Crippen LogP contribution in [0.1, 0.15) is 24.1 Å². The first-order chi connectivity index (χ1) is 11.4. The highest BCUT2D eigenvalue weighted by Gasteiger charge is 2.10. The first-order valence-corrected chi connectivity index (χ1v) is 9.53. The Morgan fingerprint density at radius 3 is 2.33 bits per heavy atom. The molecular formula is C17H21N3O2S2. The van der Waals surface area contributed by atoms with E-state index in [0.717, 1.165) is 18.5 Å². The summed E-state index contributed by atoms with van der Waals surface area (Å²) in [5.74, 6) is 0. The zero-order chi connectivity index (χ0) is 17.6. The fraction of sp³-hybridized carbons (Fsp3) is 0.235. The van der Waals surface area contributed by atoms with Gasteiger partial charge in [0.25, 0.3) is 0 Å². The Hall–Kier alpha value is -1.96. The van der Waals surface area contributed by atoms with Gasteiger partial charge in [-0.05, 0) is 48.8 Å². The molecule has 0 bridgehead atoms. The van der Waals surface area contributed by atoms with Gasteiger partial charge in [-0.1, -0.05) is 42.5 Å². The molecule has 128 valence electrons. The molecule has 0 saturated heterocycles. The molecule has 0 heterocycles. The number of nitrogens with two attached hydrogens (primary N) is 1. The largest absolute Gasteiger partial charge is 0.362 e. The van der Waals surface area contributed by atoms with Crippen LogP contribution in [0.4, 0.5) is 0 Å². The van der Waals surface area contributed by atoms with Gasteiger partial charge in [0.2, 0.25) is 10.0 Å². The zero-order valence-electron chi connectivity index (χ0n) is 13.4. The number of primary sulfonamides is 1. The fourth-order valence-electron chi connectivity index (χ4n) is 2.24. The monoisotopic (exact) mass is 363 g/mol. The number of thiocarbonyl (C=S) groups is 1. The molecule has 0 aromatic heterocycles. The van der Waals surface area contributed by atoms with Crippen LogP contribution in [0.15, 0.2) is 59.5 Å². The number of hydrogen-bond donors (Lipinski definition) is 3. The molecule has 0 unspecified atom stereocenters. The molecule has 24 heavy (non-hydrogen) atoms. The fourth-order valence-corrected chi connectivity index (χ4v) is 3.04. The van der Waals surface area contributed by atoms with E-state index in [-0.39, 0.29) is 10.9 Å². The Balaban J connectivity index is 1.83. The van der Waals surface area contributed by atoms with Crippen molar-refractivity contribution < 1.29 is 8.42 Å². The summed E-state index contributed by atoms with van der Waals surface area (Å²) >= 11 is 5.29. The van der Waals surface area contributed by atoms with Gasteiger partial charge in [-0.15, -0.1) is 0 Å². The summed E-state index contributed by atoms with van der Waals surface area (Å²) in [5.41, 5.74) is 2.18. The lowest BCUT2D eigenvalue weighted by Crippen LogP contribution is -2.37. The molecule has 0 amide bonds. The second-order valence-electron chi connectivity index (χ2n) is 5.47. The first-order valence-electron chi connectivity index (χ1n) is 7.57. The van der Waals surface area contributed by atoms with Gasteiger partial charge in [0.1, 0.15) is 0 Å². The summed E-state index contributed by atoms with van der Waals surface area (Å²) in [6.07, 6.45) is 0.889. The number of benzene rings is 2. The van der Waals surface area contributed by atoms with Crippen molar-refractivity contribution in [2.24, 2.45) is 5.14 Å². The lowest BCUT2D eigenvalue weighted by Gasteiger charge is -2.17. The molecule has 0 spiro atoms. The quantitative estimate of drug-likeness (QED) is 0.685. The molecule has 2 aromatic rings. The van der Waals surface area contributed by atoms with E-state index in [9.17, 15) is 8.42 Å². The van der Waals surface area contributed by atoms with Crippen molar-refractivity contribution in [3.63, 3.8) is 0 Å². The highest BCUT2D eigenvalue weighted by molar-refractivity contribution is 7.89. The Morgan fingerprint density at radius 2 is 1.75 bits per heavy atom. The SMILES string of the molecule is C[C@@H](NC(=S)NCCc1ccccc1)c1ccc(S(N)(=O)=O)cc1. The van der Waals surface area contributed by atoms with Gasteiger partial charge < -0.3 is 10.6 Å². The highest BCUT2D eigenvalue weighted by Crippen LogP contribution is 2.15. The van der Waals surface area contributed by atoms with Crippen LogP contribution < -0.4 is 15.8 Å². The van der Waals surface area contributed by atoms with E-state index in [1.165, 1.54) is 17.7 Å². The minimum Gasteiger partial charge on any atom is -0.362 e. The third kappa shape index (κ3) is 5.59. The predicted octanol–water partition coefficient (Wildman–Crippen LogP) is 2.10.